The van der Waals surface area contributed by atoms with E-state index in [1.807, 2.05) is 17.9 Å². The van der Waals surface area contributed by atoms with Gasteiger partial charge in [-0.3, -0.25) is 4.79 Å². The first-order valence-electron chi connectivity index (χ1n) is 7.61. The number of piperidine rings is 1. The fraction of sp³-hybridized carbons (Fsp3) is 0.625. The Balaban J connectivity index is 2.01. The predicted molar refractivity (Wildman–Crippen MR) is 83.5 cm³/mol. The second-order valence-electron chi connectivity index (χ2n) is 5.83. The number of carbonyl (C=O) groups is 1. The van der Waals surface area contributed by atoms with Crippen LogP contribution in [0.25, 0.3) is 0 Å². The van der Waals surface area contributed by atoms with Crippen LogP contribution in [0.2, 0.25) is 0 Å². The van der Waals surface area contributed by atoms with Crippen molar-refractivity contribution in [2.45, 2.75) is 58.2 Å². The van der Waals surface area contributed by atoms with E-state index in [0.717, 1.165) is 18.5 Å². The number of amides is 1. The summed E-state index contributed by atoms with van der Waals surface area (Å²) in [5.41, 5.74) is 0.828. The first-order valence-corrected chi connectivity index (χ1v) is 7.61. The largest absolute Gasteiger partial charge is 0.481 e. The summed E-state index contributed by atoms with van der Waals surface area (Å²) in [5, 5.41) is 3.22. The van der Waals surface area contributed by atoms with Crippen molar-refractivity contribution in [3.63, 3.8) is 0 Å². The van der Waals surface area contributed by atoms with E-state index in [4.69, 9.17) is 4.74 Å². The maximum Gasteiger partial charge on any atom is 0.245 e. The fourth-order valence-corrected chi connectivity index (χ4v) is 2.98. The smallest absolute Gasteiger partial charge is 0.245 e. The van der Waals surface area contributed by atoms with Crippen molar-refractivity contribution in [3.8, 4) is 5.88 Å². The number of hydrogen-bond donors (Lipinski definition) is 1. The molecule has 5 heteroatoms. The van der Waals surface area contributed by atoms with Crippen LogP contribution in [0, 0.1) is 0 Å². The van der Waals surface area contributed by atoms with E-state index >= 15 is 0 Å². The van der Waals surface area contributed by atoms with E-state index in [2.05, 4.69) is 24.1 Å². The van der Waals surface area contributed by atoms with Gasteiger partial charge >= 0.3 is 0 Å². The van der Waals surface area contributed by atoms with Crippen molar-refractivity contribution in [2.24, 2.45) is 0 Å². The molecule has 3 atom stereocenters. The van der Waals surface area contributed by atoms with Gasteiger partial charge in [-0.25, -0.2) is 4.98 Å². The molecule has 1 aromatic heterocycles. The Bertz CT molecular complexity index is 465. The van der Waals surface area contributed by atoms with Gasteiger partial charge in [0.15, 0.2) is 0 Å². The van der Waals surface area contributed by atoms with E-state index < -0.39 is 0 Å². The third-order valence-corrected chi connectivity index (χ3v) is 4.15. The lowest BCUT2D eigenvalue weighted by Crippen LogP contribution is -2.52. The van der Waals surface area contributed by atoms with Crippen molar-refractivity contribution in [1.29, 1.82) is 0 Å². The van der Waals surface area contributed by atoms with Gasteiger partial charge in [-0.15, -0.1) is 0 Å². The van der Waals surface area contributed by atoms with Crippen LogP contribution in [0.1, 0.15) is 40.0 Å². The van der Waals surface area contributed by atoms with Gasteiger partial charge < -0.3 is 15.0 Å². The predicted octanol–water partition coefficient (Wildman–Crippen LogP) is 2.68. The molecule has 116 valence electrons. The number of nitrogens with zero attached hydrogens (tertiary/aromatic N) is 2. The third kappa shape index (κ3) is 3.65. The maximum atomic E-state index is 12.7. The molecule has 1 aliphatic rings. The first-order chi connectivity index (χ1) is 10.0. The Morgan fingerprint density at radius 1 is 1.38 bits per heavy atom. The minimum absolute atomic E-state index is 0.158. The van der Waals surface area contributed by atoms with Gasteiger partial charge in [0.1, 0.15) is 6.04 Å². The number of nitrogens with one attached hydrogen (secondary N) is 1. The van der Waals surface area contributed by atoms with Crippen LogP contribution in [-0.2, 0) is 4.79 Å². The van der Waals surface area contributed by atoms with Gasteiger partial charge in [0, 0.05) is 18.2 Å². The molecule has 0 aliphatic carbocycles. The highest BCUT2D eigenvalue weighted by molar-refractivity contribution is 5.84. The van der Waals surface area contributed by atoms with E-state index in [9.17, 15) is 4.79 Å². The molecule has 1 saturated heterocycles. The van der Waals surface area contributed by atoms with E-state index in [0.29, 0.717) is 18.0 Å². The van der Waals surface area contributed by atoms with Crippen LogP contribution < -0.4 is 10.1 Å². The van der Waals surface area contributed by atoms with Crippen LogP contribution in [0.5, 0.6) is 5.88 Å². The molecule has 1 N–H and O–H groups in total. The molecule has 5 nitrogen and oxygen atoms in total. The highest BCUT2D eigenvalue weighted by Gasteiger charge is 2.31. The molecule has 0 aromatic carbocycles. The van der Waals surface area contributed by atoms with Crippen LogP contribution in [0.4, 0.5) is 5.69 Å². The van der Waals surface area contributed by atoms with Gasteiger partial charge in [-0.05, 0) is 46.1 Å². The number of methoxy groups -OCH3 is 1. The van der Waals surface area contributed by atoms with Crippen LogP contribution in [0.15, 0.2) is 18.3 Å². The van der Waals surface area contributed by atoms with Crippen molar-refractivity contribution < 1.29 is 9.53 Å². The van der Waals surface area contributed by atoms with Crippen LogP contribution in [-0.4, -0.2) is 41.0 Å². The number of carbonyl (C=O) groups excluding carboxylic acids is 1. The molecule has 1 aromatic rings. The fourth-order valence-electron chi connectivity index (χ4n) is 2.98. The second-order valence-corrected chi connectivity index (χ2v) is 5.83. The Hall–Kier alpha value is -1.78. The molecule has 0 radical (unpaired) electrons. The van der Waals surface area contributed by atoms with E-state index in [1.165, 1.54) is 6.42 Å². The maximum absolute atomic E-state index is 12.7. The number of anilines is 1. The molecular weight excluding hydrogens is 266 g/mol. The van der Waals surface area contributed by atoms with Crippen molar-refractivity contribution in [1.82, 2.24) is 9.88 Å². The van der Waals surface area contributed by atoms with Crippen LogP contribution >= 0.6 is 0 Å². The molecular formula is C16H25N3O2. The molecule has 1 amide bonds. The molecule has 0 spiro atoms. The lowest BCUT2D eigenvalue weighted by atomic mass is 9.96. The Kier molecular flexibility index (Phi) is 5.04. The Labute approximate surface area is 126 Å². The summed E-state index contributed by atoms with van der Waals surface area (Å²) in [7, 11) is 1.58. The summed E-state index contributed by atoms with van der Waals surface area (Å²) in [6.45, 7) is 6.17. The number of likely N-dealkylation sites (tertiary alicyclic amines) is 1. The van der Waals surface area contributed by atoms with E-state index in [-0.39, 0.29) is 11.9 Å². The zero-order valence-corrected chi connectivity index (χ0v) is 13.3. The van der Waals surface area contributed by atoms with Crippen molar-refractivity contribution in [2.75, 3.05) is 12.4 Å². The van der Waals surface area contributed by atoms with E-state index in [1.54, 1.807) is 19.4 Å². The summed E-state index contributed by atoms with van der Waals surface area (Å²) in [5.74, 6) is 0.725. The minimum Gasteiger partial charge on any atom is -0.481 e. The van der Waals surface area contributed by atoms with Gasteiger partial charge in [-0.2, -0.15) is 0 Å². The lowest BCUT2D eigenvalue weighted by Gasteiger charge is -2.40. The zero-order valence-electron chi connectivity index (χ0n) is 13.3. The van der Waals surface area contributed by atoms with Crippen molar-refractivity contribution >= 4 is 11.6 Å². The molecule has 0 bridgehead atoms. The number of hydrogen-bond acceptors (Lipinski definition) is 4. The number of rotatable bonds is 4. The SMILES string of the molecule is COc1ccc(NC(C)C(=O)N2C(C)CCCC2C)cn1. The van der Waals surface area contributed by atoms with Crippen molar-refractivity contribution in [3.05, 3.63) is 18.3 Å². The number of ether oxygens (including phenoxy) is 1. The Morgan fingerprint density at radius 2 is 2.05 bits per heavy atom. The average molecular weight is 291 g/mol. The molecule has 3 unspecified atom stereocenters. The minimum atomic E-state index is -0.261. The molecule has 1 aliphatic heterocycles. The quantitative estimate of drug-likeness (QED) is 0.926. The second kappa shape index (κ2) is 6.78. The highest BCUT2D eigenvalue weighted by Crippen LogP contribution is 2.24. The summed E-state index contributed by atoms with van der Waals surface area (Å²) in [6.07, 6.45) is 5.07. The number of pyridine rings is 1. The van der Waals surface area contributed by atoms with Crippen LogP contribution in [0.3, 0.4) is 0 Å². The summed E-state index contributed by atoms with van der Waals surface area (Å²) >= 11 is 0. The monoisotopic (exact) mass is 291 g/mol. The summed E-state index contributed by atoms with van der Waals surface area (Å²) in [6, 6.07) is 4.03. The highest BCUT2D eigenvalue weighted by atomic mass is 16.5. The third-order valence-electron chi connectivity index (χ3n) is 4.15. The molecule has 1 fully saturated rings. The number of aromatic nitrogens is 1. The summed E-state index contributed by atoms with van der Waals surface area (Å²) < 4.78 is 5.03. The van der Waals surface area contributed by atoms with Gasteiger partial charge in [-0.1, -0.05) is 0 Å². The Morgan fingerprint density at radius 3 is 2.57 bits per heavy atom. The molecule has 21 heavy (non-hydrogen) atoms. The van der Waals surface area contributed by atoms with Gasteiger partial charge in [0.05, 0.1) is 19.0 Å². The van der Waals surface area contributed by atoms with Gasteiger partial charge in [0.25, 0.3) is 0 Å². The average Bonchev–Trinajstić information content (AvgIpc) is 2.47. The van der Waals surface area contributed by atoms with Gasteiger partial charge in [0.2, 0.25) is 11.8 Å². The normalized spacial score (nSPS) is 23.5. The summed E-state index contributed by atoms with van der Waals surface area (Å²) in [4.78, 5) is 18.8. The first kappa shape index (κ1) is 15.6. The topological polar surface area (TPSA) is 54.5 Å². The molecule has 2 heterocycles. The standard InChI is InChI=1S/C16H25N3O2/c1-11-6-5-7-12(2)19(11)16(20)13(3)18-14-8-9-15(21-4)17-10-14/h8-13,18H,5-7H2,1-4H3. The molecule has 2 rings (SSSR count). The lowest BCUT2D eigenvalue weighted by molar-refractivity contribution is -0.137. The molecule has 0 saturated carbocycles. The zero-order chi connectivity index (χ0) is 15.4.